The molecule has 0 aliphatic rings. The standard InChI is InChI=1S/C15H15N3O/c1-10-16-15(14(9-19)18(10)3)12-8-17(2)13-7-5-4-6-11(12)13/h4-9H,1-3H3. The van der Waals surface area contributed by atoms with Crippen LogP contribution in [0.5, 0.6) is 0 Å². The lowest BCUT2D eigenvalue weighted by molar-refractivity contribution is 0.111. The molecular weight excluding hydrogens is 238 g/mol. The van der Waals surface area contributed by atoms with Crippen LogP contribution in [0.1, 0.15) is 16.3 Å². The van der Waals surface area contributed by atoms with Gasteiger partial charge in [-0.2, -0.15) is 0 Å². The van der Waals surface area contributed by atoms with Crippen molar-refractivity contribution >= 4 is 17.2 Å². The Kier molecular flexibility index (Phi) is 2.52. The van der Waals surface area contributed by atoms with Crippen LogP contribution in [0.25, 0.3) is 22.2 Å². The third kappa shape index (κ3) is 1.60. The second kappa shape index (κ2) is 4.09. The van der Waals surface area contributed by atoms with Crippen molar-refractivity contribution < 1.29 is 4.79 Å². The molecule has 0 atom stereocenters. The number of aldehydes is 1. The van der Waals surface area contributed by atoms with Gasteiger partial charge in [0.25, 0.3) is 0 Å². The Morgan fingerprint density at radius 1 is 1.21 bits per heavy atom. The lowest BCUT2D eigenvalue weighted by Crippen LogP contribution is -1.97. The Morgan fingerprint density at radius 3 is 2.68 bits per heavy atom. The summed E-state index contributed by atoms with van der Waals surface area (Å²) in [6.45, 7) is 1.90. The van der Waals surface area contributed by atoms with Crippen molar-refractivity contribution in [3.05, 3.63) is 42.0 Å². The van der Waals surface area contributed by atoms with Crippen molar-refractivity contribution in [1.29, 1.82) is 0 Å². The van der Waals surface area contributed by atoms with E-state index in [0.717, 1.165) is 34.3 Å². The number of aromatic nitrogens is 3. The van der Waals surface area contributed by atoms with E-state index in [2.05, 4.69) is 21.7 Å². The maximum absolute atomic E-state index is 11.3. The molecular formula is C15H15N3O. The maximum atomic E-state index is 11.3. The van der Waals surface area contributed by atoms with E-state index in [1.807, 2.05) is 43.9 Å². The van der Waals surface area contributed by atoms with Crippen LogP contribution in [0.4, 0.5) is 0 Å². The van der Waals surface area contributed by atoms with E-state index in [1.165, 1.54) is 0 Å². The normalized spacial score (nSPS) is 11.1. The lowest BCUT2D eigenvalue weighted by Gasteiger charge is -1.98. The Balaban J connectivity index is 2.37. The highest BCUT2D eigenvalue weighted by Gasteiger charge is 2.17. The van der Waals surface area contributed by atoms with Crippen molar-refractivity contribution in [2.24, 2.45) is 14.1 Å². The lowest BCUT2D eigenvalue weighted by atomic mass is 10.1. The average Bonchev–Trinajstić information content (AvgIpc) is 2.89. The molecule has 3 aromatic rings. The van der Waals surface area contributed by atoms with Crippen molar-refractivity contribution in [3.8, 4) is 11.3 Å². The van der Waals surface area contributed by atoms with Crippen LogP contribution in [0, 0.1) is 6.92 Å². The molecule has 2 aromatic heterocycles. The van der Waals surface area contributed by atoms with Gasteiger partial charge in [-0.1, -0.05) is 18.2 Å². The number of carbonyl (C=O) groups excluding carboxylic acids is 1. The summed E-state index contributed by atoms with van der Waals surface area (Å²) < 4.78 is 3.88. The molecule has 4 nitrogen and oxygen atoms in total. The van der Waals surface area contributed by atoms with E-state index in [4.69, 9.17) is 0 Å². The molecule has 1 aromatic carbocycles. The smallest absolute Gasteiger partial charge is 0.168 e. The zero-order valence-electron chi connectivity index (χ0n) is 11.2. The predicted octanol–water partition coefficient (Wildman–Crippen LogP) is 2.70. The number of nitrogens with zero attached hydrogens (tertiary/aromatic N) is 3. The Labute approximate surface area is 111 Å². The van der Waals surface area contributed by atoms with Gasteiger partial charge < -0.3 is 9.13 Å². The van der Waals surface area contributed by atoms with Gasteiger partial charge in [0, 0.05) is 36.8 Å². The minimum Gasteiger partial charge on any atom is -0.350 e. The Bertz CT molecular complexity index is 780. The number of hydrogen-bond donors (Lipinski definition) is 0. The van der Waals surface area contributed by atoms with Crippen LogP contribution in [0.3, 0.4) is 0 Å². The number of fused-ring (bicyclic) bond motifs is 1. The maximum Gasteiger partial charge on any atom is 0.168 e. The number of carbonyl (C=O) groups is 1. The molecule has 96 valence electrons. The van der Waals surface area contributed by atoms with Gasteiger partial charge in [-0.05, 0) is 13.0 Å². The first-order chi connectivity index (χ1) is 9.13. The molecule has 0 saturated carbocycles. The van der Waals surface area contributed by atoms with E-state index < -0.39 is 0 Å². The summed E-state index contributed by atoms with van der Waals surface area (Å²) in [6.07, 6.45) is 2.90. The molecule has 2 heterocycles. The minimum absolute atomic E-state index is 0.619. The third-order valence-corrected chi connectivity index (χ3v) is 3.63. The molecule has 0 aliphatic carbocycles. The number of imidazole rings is 1. The van der Waals surface area contributed by atoms with Crippen molar-refractivity contribution in [1.82, 2.24) is 14.1 Å². The molecule has 4 heteroatoms. The SMILES string of the molecule is Cc1nc(-c2cn(C)c3ccccc23)c(C=O)n1C. The first-order valence-corrected chi connectivity index (χ1v) is 6.16. The van der Waals surface area contributed by atoms with E-state index in [9.17, 15) is 4.79 Å². The molecule has 0 fully saturated rings. The summed E-state index contributed by atoms with van der Waals surface area (Å²) in [5.74, 6) is 0.838. The molecule has 0 amide bonds. The van der Waals surface area contributed by atoms with E-state index in [-0.39, 0.29) is 0 Å². The molecule has 0 spiro atoms. The number of hydrogen-bond acceptors (Lipinski definition) is 2. The molecule has 0 N–H and O–H groups in total. The highest BCUT2D eigenvalue weighted by atomic mass is 16.1. The highest BCUT2D eigenvalue weighted by molar-refractivity contribution is 5.98. The molecule has 19 heavy (non-hydrogen) atoms. The predicted molar refractivity (Wildman–Crippen MR) is 75.2 cm³/mol. The molecule has 0 saturated heterocycles. The van der Waals surface area contributed by atoms with Gasteiger partial charge in [-0.15, -0.1) is 0 Å². The molecule has 3 rings (SSSR count). The zero-order valence-corrected chi connectivity index (χ0v) is 11.2. The van der Waals surface area contributed by atoms with E-state index >= 15 is 0 Å². The monoisotopic (exact) mass is 253 g/mol. The van der Waals surface area contributed by atoms with Crippen LogP contribution in [0.15, 0.2) is 30.5 Å². The van der Waals surface area contributed by atoms with Crippen LogP contribution in [-0.2, 0) is 14.1 Å². The van der Waals surface area contributed by atoms with Crippen LogP contribution in [-0.4, -0.2) is 20.4 Å². The quantitative estimate of drug-likeness (QED) is 0.659. The summed E-state index contributed by atoms with van der Waals surface area (Å²) in [7, 11) is 3.86. The summed E-state index contributed by atoms with van der Waals surface area (Å²) in [6, 6.07) is 8.14. The number of para-hydroxylation sites is 1. The Hall–Kier alpha value is -2.36. The summed E-state index contributed by atoms with van der Waals surface area (Å²) in [5, 5.41) is 1.12. The molecule has 0 bridgehead atoms. The highest BCUT2D eigenvalue weighted by Crippen LogP contribution is 2.31. The largest absolute Gasteiger partial charge is 0.350 e. The second-order valence-electron chi connectivity index (χ2n) is 4.74. The van der Waals surface area contributed by atoms with Gasteiger partial charge in [0.1, 0.15) is 17.2 Å². The van der Waals surface area contributed by atoms with Crippen LogP contribution >= 0.6 is 0 Å². The first-order valence-electron chi connectivity index (χ1n) is 6.16. The fourth-order valence-electron chi connectivity index (χ4n) is 2.49. The number of benzene rings is 1. The van der Waals surface area contributed by atoms with Crippen molar-refractivity contribution in [3.63, 3.8) is 0 Å². The van der Waals surface area contributed by atoms with E-state index in [0.29, 0.717) is 5.69 Å². The molecule has 0 radical (unpaired) electrons. The van der Waals surface area contributed by atoms with Crippen LogP contribution < -0.4 is 0 Å². The minimum atomic E-state index is 0.619. The topological polar surface area (TPSA) is 39.8 Å². The molecule has 0 aliphatic heterocycles. The van der Waals surface area contributed by atoms with Crippen LogP contribution in [0.2, 0.25) is 0 Å². The fourth-order valence-corrected chi connectivity index (χ4v) is 2.49. The third-order valence-electron chi connectivity index (χ3n) is 3.63. The van der Waals surface area contributed by atoms with Gasteiger partial charge in [0.15, 0.2) is 6.29 Å². The van der Waals surface area contributed by atoms with Gasteiger partial charge in [0.2, 0.25) is 0 Å². The summed E-state index contributed by atoms with van der Waals surface area (Å²) >= 11 is 0. The zero-order chi connectivity index (χ0) is 13.6. The van der Waals surface area contributed by atoms with Crippen molar-refractivity contribution in [2.75, 3.05) is 0 Å². The van der Waals surface area contributed by atoms with Gasteiger partial charge in [-0.25, -0.2) is 4.98 Å². The summed E-state index contributed by atoms with van der Waals surface area (Å²) in [5.41, 5.74) is 3.52. The van der Waals surface area contributed by atoms with E-state index in [1.54, 1.807) is 0 Å². The van der Waals surface area contributed by atoms with Gasteiger partial charge in [-0.3, -0.25) is 4.79 Å². The van der Waals surface area contributed by atoms with Crippen molar-refractivity contribution in [2.45, 2.75) is 6.92 Å². The average molecular weight is 253 g/mol. The second-order valence-corrected chi connectivity index (χ2v) is 4.74. The van der Waals surface area contributed by atoms with Gasteiger partial charge in [0.05, 0.1) is 0 Å². The first kappa shape index (κ1) is 11.7. The fraction of sp³-hybridized carbons (Fsp3) is 0.200. The number of aryl methyl sites for hydroxylation is 2. The number of rotatable bonds is 2. The van der Waals surface area contributed by atoms with Gasteiger partial charge >= 0.3 is 0 Å². The summed E-state index contributed by atoms with van der Waals surface area (Å²) in [4.78, 5) is 15.8. The molecule has 0 unspecified atom stereocenters. The Morgan fingerprint density at radius 2 is 1.95 bits per heavy atom.